The SMILES string of the molecule is CC([O][Al]([CH3])[CH3])C1CCOC1. The first-order valence-corrected chi connectivity index (χ1v) is 7.21. The van der Waals surface area contributed by atoms with Crippen LogP contribution in [0.2, 0.25) is 11.6 Å². The standard InChI is InChI=1S/C6H11O2.2CH3.Al/c1-5(7)6-2-3-8-4-6;;;/h5-6H,2-4H2,1H3;2*1H3;/q-1;;;+1. The zero-order chi connectivity index (χ0) is 8.27. The van der Waals surface area contributed by atoms with Crippen LogP contribution in [-0.4, -0.2) is 33.8 Å². The van der Waals surface area contributed by atoms with E-state index in [-0.39, 0.29) is 0 Å². The summed E-state index contributed by atoms with van der Waals surface area (Å²) in [6, 6.07) is 0. The van der Waals surface area contributed by atoms with E-state index in [0.29, 0.717) is 12.0 Å². The molecule has 0 aliphatic carbocycles. The smallest absolute Gasteiger partial charge is 0.454 e. The predicted molar refractivity (Wildman–Crippen MR) is 47.0 cm³/mol. The first-order chi connectivity index (χ1) is 5.20. The zero-order valence-corrected chi connectivity index (χ0v) is 8.82. The number of ether oxygens (including phenoxy) is 1. The third kappa shape index (κ3) is 3.13. The van der Waals surface area contributed by atoms with Gasteiger partial charge in [0.1, 0.15) is 0 Å². The summed E-state index contributed by atoms with van der Waals surface area (Å²) in [6.07, 6.45) is 1.60. The van der Waals surface area contributed by atoms with Gasteiger partial charge in [-0.1, -0.05) is 11.6 Å². The van der Waals surface area contributed by atoms with Gasteiger partial charge >= 0.3 is 14.5 Å². The summed E-state index contributed by atoms with van der Waals surface area (Å²) in [4.78, 5) is 0. The lowest BCUT2D eigenvalue weighted by Gasteiger charge is -2.20. The Morgan fingerprint density at radius 3 is 2.73 bits per heavy atom. The van der Waals surface area contributed by atoms with Crippen LogP contribution >= 0.6 is 0 Å². The molecule has 1 fully saturated rings. The number of hydrogen-bond donors (Lipinski definition) is 0. The van der Waals surface area contributed by atoms with Crippen molar-refractivity contribution in [1.29, 1.82) is 0 Å². The second-order valence-corrected chi connectivity index (χ2v) is 5.88. The van der Waals surface area contributed by atoms with Crippen molar-refractivity contribution in [2.75, 3.05) is 13.2 Å². The normalized spacial score (nSPS) is 27.0. The molecule has 0 spiro atoms. The molecule has 1 aliphatic rings. The third-order valence-electron chi connectivity index (χ3n) is 2.12. The van der Waals surface area contributed by atoms with E-state index in [4.69, 9.17) is 8.53 Å². The van der Waals surface area contributed by atoms with Gasteiger partial charge < -0.3 is 8.53 Å². The van der Waals surface area contributed by atoms with Crippen molar-refractivity contribution in [3.8, 4) is 0 Å². The molecule has 1 aliphatic heterocycles. The molecule has 0 N–H and O–H groups in total. The molecule has 64 valence electrons. The summed E-state index contributed by atoms with van der Waals surface area (Å²) in [7, 11) is 0. The molecule has 11 heavy (non-hydrogen) atoms. The summed E-state index contributed by atoms with van der Waals surface area (Å²) in [5.41, 5.74) is 0. The maximum atomic E-state index is 5.79. The van der Waals surface area contributed by atoms with Crippen LogP contribution < -0.4 is 0 Å². The highest BCUT2D eigenvalue weighted by atomic mass is 27.2. The third-order valence-corrected chi connectivity index (χ3v) is 3.09. The predicted octanol–water partition coefficient (Wildman–Crippen LogP) is 1.68. The zero-order valence-electron chi connectivity index (χ0n) is 7.67. The Labute approximate surface area is 73.6 Å². The van der Waals surface area contributed by atoms with Crippen molar-refractivity contribution in [2.45, 2.75) is 31.0 Å². The Kier molecular flexibility index (Phi) is 3.88. The lowest BCUT2D eigenvalue weighted by Crippen LogP contribution is -2.26. The largest absolute Gasteiger partial charge is 0.498 e. The van der Waals surface area contributed by atoms with Crippen molar-refractivity contribution >= 4 is 14.5 Å². The Morgan fingerprint density at radius 1 is 1.55 bits per heavy atom. The van der Waals surface area contributed by atoms with E-state index in [1.165, 1.54) is 6.42 Å². The molecule has 1 saturated heterocycles. The second-order valence-electron chi connectivity index (χ2n) is 3.51. The first kappa shape index (κ1) is 9.54. The van der Waals surface area contributed by atoms with Gasteiger partial charge in [0, 0.05) is 18.6 Å². The molecule has 0 amide bonds. The lowest BCUT2D eigenvalue weighted by molar-refractivity contribution is 0.123. The molecule has 1 heterocycles. The molecular weight excluding hydrogens is 155 g/mol. The molecule has 0 radical (unpaired) electrons. The molecule has 3 heteroatoms. The monoisotopic (exact) mass is 172 g/mol. The van der Waals surface area contributed by atoms with E-state index < -0.39 is 14.5 Å². The minimum absolute atomic E-state index is 0.421. The van der Waals surface area contributed by atoms with Gasteiger partial charge in [0.05, 0.1) is 6.61 Å². The van der Waals surface area contributed by atoms with E-state index >= 15 is 0 Å². The van der Waals surface area contributed by atoms with Gasteiger partial charge in [-0.25, -0.2) is 0 Å². The van der Waals surface area contributed by atoms with Gasteiger partial charge in [-0.05, 0) is 13.3 Å². The Balaban J connectivity index is 2.22. The van der Waals surface area contributed by atoms with Crippen LogP contribution in [0.4, 0.5) is 0 Å². The summed E-state index contributed by atoms with van der Waals surface area (Å²) in [5, 5.41) is 0. The minimum Gasteiger partial charge on any atom is -0.498 e. The average Bonchev–Trinajstić information content (AvgIpc) is 2.35. The average molecular weight is 172 g/mol. The maximum Gasteiger partial charge on any atom is 0.454 e. The van der Waals surface area contributed by atoms with E-state index in [1.807, 2.05) is 0 Å². The van der Waals surface area contributed by atoms with Crippen molar-refractivity contribution in [2.24, 2.45) is 5.92 Å². The van der Waals surface area contributed by atoms with Gasteiger partial charge in [0.25, 0.3) is 0 Å². The summed E-state index contributed by atoms with van der Waals surface area (Å²) < 4.78 is 11.1. The van der Waals surface area contributed by atoms with Gasteiger partial charge in [-0.15, -0.1) is 0 Å². The number of hydrogen-bond acceptors (Lipinski definition) is 2. The summed E-state index contributed by atoms with van der Waals surface area (Å²) in [6.45, 7) is 4.01. The summed E-state index contributed by atoms with van der Waals surface area (Å²) in [5.74, 6) is 5.09. The topological polar surface area (TPSA) is 18.5 Å². The molecule has 0 saturated carbocycles. The fourth-order valence-electron chi connectivity index (χ4n) is 1.46. The van der Waals surface area contributed by atoms with Gasteiger partial charge in [0.2, 0.25) is 0 Å². The van der Waals surface area contributed by atoms with Crippen LogP contribution in [0.1, 0.15) is 13.3 Å². The quantitative estimate of drug-likeness (QED) is 0.603. The van der Waals surface area contributed by atoms with Crippen LogP contribution in [0.15, 0.2) is 0 Å². The molecule has 0 aromatic carbocycles. The van der Waals surface area contributed by atoms with Crippen molar-refractivity contribution in [3.63, 3.8) is 0 Å². The van der Waals surface area contributed by atoms with Crippen LogP contribution in [0, 0.1) is 5.92 Å². The highest BCUT2D eigenvalue weighted by molar-refractivity contribution is 6.48. The Hall–Kier alpha value is 0.452. The second kappa shape index (κ2) is 4.47. The van der Waals surface area contributed by atoms with Crippen LogP contribution in [0.3, 0.4) is 0 Å². The van der Waals surface area contributed by atoms with Gasteiger partial charge in [-0.2, -0.15) is 0 Å². The fraction of sp³-hybridized carbons (Fsp3) is 1.00. The molecule has 2 unspecified atom stereocenters. The lowest BCUT2D eigenvalue weighted by atomic mass is 10.0. The maximum absolute atomic E-state index is 5.79. The van der Waals surface area contributed by atoms with Crippen LogP contribution in [0.5, 0.6) is 0 Å². The van der Waals surface area contributed by atoms with E-state index in [0.717, 1.165) is 13.2 Å². The van der Waals surface area contributed by atoms with Crippen LogP contribution in [-0.2, 0) is 8.53 Å². The highest BCUT2D eigenvalue weighted by Crippen LogP contribution is 2.19. The highest BCUT2D eigenvalue weighted by Gasteiger charge is 2.23. The summed E-state index contributed by atoms with van der Waals surface area (Å²) >= 11 is -0.840. The van der Waals surface area contributed by atoms with E-state index in [2.05, 4.69) is 18.5 Å². The van der Waals surface area contributed by atoms with E-state index in [9.17, 15) is 0 Å². The molecule has 1 rings (SSSR count). The Bertz CT molecular complexity index is 111. The minimum atomic E-state index is -0.840. The molecule has 2 nitrogen and oxygen atoms in total. The fourth-order valence-corrected chi connectivity index (χ4v) is 2.54. The molecule has 0 bridgehead atoms. The van der Waals surface area contributed by atoms with Crippen molar-refractivity contribution in [3.05, 3.63) is 0 Å². The molecule has 0 aromatic rings. The van der Waals surface area contributed by atoms with Crippen LogP contribution in [0.25, 0.3) is 0 Å². The first-order valence-electron chi connectivity index (χ1n) is 4.43. The van der Waals surface area contributed by atoms with Gasteiger partial charge in [-0.3, -0.25) is 0 Å². The van der Waals surface area contributed by atoms with Crippen molar-refractivity contribution in [1.82, 2.24) is 0 Å². The molecule has 2 atom stereocenters. The van der Waals surface area contributed by atoms with Crippen molar-refractivity contribution < 1.29 is 8.53 Å². The number of rotatable bonds is 3. The van der Waals surface area contributed by atoms with E-state index in [1.54, 1.807) is 0 Å². The Morgan fingerprint density at radius 2 is 2.27 bits per heavy atom. The van der Waals surface area contributed by atoms with Gasteiger partial charge in [0.15, 0.2) is 0 Å². The molecular formula is C8H17AlO2. The molecule has 0 aromatic heterocycles.